The Kier molecular flexibility index (Phi) is 4.55. The molecule has 3 rings (SSSR count). The summed E-state index contributed by atoms with van der Waals surface area (Å²) in [5.74, 6) is 0. The van der Waals surface area contributed by atoms with E-state index in [1.54, 1.807) is 12.3 Å². The molecule has 6 heteroatoms. The Morgan fingerprint density at radius 3 is 2.91 bits per heavy atom. The molecule has 1 aromatic heterocycles. The van der Waals surface area contributed by atoms with Gasteiger partial charge in [0.05, 0.1) is 11.7 Å². The van der Waals surface area contributed by atoms with Crippen LogP contribution in [0.4, 0.5) is 11.4 Å². The Morgan fingerprint density at radius 1 is 1.35 bits per heavy atom. The maximum Gasteiger partial charge on any atom is 0.152 e. The van der Waals surface area contributed by atoms with E-state index in [1.165, 1.54) is 12.1 Å². The maximum absolute atomic E-state index is 11.4. The highest BCUT2D eigenvalue weighted by Gasteiger charge is 2.26. The second-order valence-electron chi connectivity index (χ2n) is 5.63. The lowest BCUT2D eigenvalue weighted by Gasteiger charge is -2.38. The van der Waals surface area contributed by atoms with Crippen LogP contribution in [0.1, 0.15) is 41.2 Å². The quantitative estimate of drug-likeness (QED) is 0.689. The summed E-state index contributed by atoms with van der Waals surface area (Å²) in [6, 6.07) is 8.74. The zero-order chi connectivity index (χ0) is 16.2. The summed E-state index contributed by atoms with van der Waals surface area (Å²) in [4.78, 5) is 17.8. The number of hydrogen-bond donors (Lipinski definition) is 1. The first-order chi connectivity index (χ1) is 11.2. The first kappa shape index (κ1) is 15.5. The Bertz CT molecular complexity index is 676. The molecule has 2 aromatic rings. The standard InChI is InChI=1S/C17H18N3O3/c21-12-14-10-15(20(22)23)6-7-17(14)19-9-2-1-5-16(19)13-4-3-8-18-11-13/h3-4,6-8,10-12,16,22H,1-2,5,9H2/q-1/t16-/m1/s1. The molecule has 2 heterocycles. The number of pyridine rings is 1. The van der Waals surface area contributed by atoms with Crippen LogP contribution < -0.4 is 10.1 Å². The lowest BCUT2D eigenvalue weighted by molar-refractivity contribution is 0.112. The van der Waals surface area contributed by atoms with Crippen LogP contribution in [0.25, 0.3) is 0 Å². The molecular weight excluding hydrogens is 294 g/mol. The lowest BCUT2D eigenvalue weighted by atomic mass is 9.95. The fourth-order valence-corrected chi connectivity index (χ4v) is 3.16. The van der Waals surface area contributed by atoms with E-state index < -0.39 is 0 Å². The molecule has 0 aliphatic carbocycles. The molecule has 0 bridgehead atoms. The van der Waals surface area contributed by atoms with E-state index in [4.69, 9.17) is 5.21 Å². The maximum atomic E-state index is 11.4. The van der Waals surface area contributed by atoms with Crippen molar-refractivity contribution in [1.82, 2.24) is 4.98 Å². The van der Waals surface area contributed by atoms with Crippen LogP contribution in [0.15, 0.2) is 42.7 Å². The van der Waals surface area contributed by atoms with Gasteiger partial charge >= 0.3 is 0 Å². The molecule has 0 spiro atoms. The van der Waals surface area contributed by atoms with E-state index in [2.05, 4.69) is 9.88 Å². The van der Waals surface area contributed by atoms with Gasteiger partial charge < -0.3 is 15.3 Å². The van der Waals surface area contributed by atoms with Crippen LogP contribution in [0.3, 0.4) is 0 Å². The van der Waals surface area contributed by atoms with Gasteiger partial charge in [0.25, 0.3) is 0 Å². The van der Waals surface area contributed by atoms with Crippen LogP contribution in [-0.4, -0.2) is 23.0 Å². The minimum Gasteiger partial charge on any atom is -0.733 e. The number of carbonyl (C=O) groups excluding carboxylic acids is 1. The van der Waals surface area contributed by atoms with Gasteiger partial charge in [0.2, 0.25) is 0 Å². The summed E-state index contributed by atoms with van der Waals surface area (Å²) in [5.41, 5.74) is 2.33. The minimum atomic E-state index is -0.231. The van der Waals surface area contributed by atoms with Crippen molar-refractivity contribution in [3.8, 4) is 0 Å². The fourth-order valence-electron chi connectivity index (χ4n) is 3.16. The van der Waals surface area contributed by atoms with Gasteiger partial charge in [-0.05, 0) is 49.1 Å². The number of rotatable bonds is 4. The van der Waals surface area contributed by atoms with E-state index in [1.807, 2.05) is 18.3 Å². The van der Waals surface area contributed by atoms with Crippen molar-refractivity contribution in [3.05, 3.63) is 59.1 Å². The predicted molar refractivity (Wildman–Crippen MR) is 87.6 cm³/mol. The number of piperidine rings is 1. The van der Waals surface area contributed by atoms with E-state index >= 15 is 0 Å². The smallest absolute Gasteiger partial charge is 0.152 e. The third-order valence-corrected chi connectivity index (χ3v) is 4.24. The summed E-state index contributed by atoms with van der Waals surface area (Å²) in [6.07, 6.45) is 7.47. The highest BCUT2D eigenvalue weighted by atomic mass is 16.8. The monoisotopic (exact) mass is 312 g/mol. The van der Waals surface area contributed by atoms with Crippen molar-refractivity contribution in [2.45, 2.75) is 25.3 Å². The average molecular weight is 312 g/mol. The fraction of sp³-hybridized carbons (Fsp3) is 0.294. The molecule has 1 aliphatic rings. The SMILES string of the molecule is O=Cc1cc(N([O-])O)ccc1N1CCCC[C@@H]1c1cccnc1. The van der Waals surface area contributed by atoms with Crippen molar-refractivity contribution in [2.24, 2.45) is 0 Å². The molecule has 23 heavy (non-hydrogen) atoms. The molecule has 1 saturated heterocycles. The third-order valence-electron chi connectivity index (χ3n) is 4.24. The van der Waals surface area contributed by atoms with Crippen LogP contribution in [0.5, 0.6) is 0 Å². The van der Waals surface area contributed by atoms with E-state index in [0.29, 0.717) is 5.56 Å². The molecule has 1 aromatic carbocycles. The summed E-state index contributed by atoms with van der Waals surface area (Å²) in [7, 11) is 0. The van der Waals surface area contributed by atoms with E-state index in [-0.39, 0.29) is 17.0 Å². The highest BCUT2D eigenvalue weighted by molar-refractivity contribution is 5.87. The zero-order valence-corrected chi connectivity index (χ0v) is 12.6. The van der Waals surface area contributed by atoms with Crippen LogP contribution in [0.2, 0.25) is 0 Å². The summed E-state index contributed by atoms with van der Waals surface area (Å²) in [6.45, 7) is 0.833. The van der Waals surface area contributed by atoms with Gasteiger partial charge in [-0.15, -0.1) is 0 Å². The molecule has 6 nitrogen and oxygen atoms in total. The van der Waals surface area contributed by atoms with Gasteiger partial charge in [0.1, 0.15) is 0 Å². The molecule has 0 amide bonds. The Hall–Kier alpha value is -2.44. The molecule has 1 fully saturated rings. The van der Waals surface area contributed by atoms with Crippen LogP contribution >= 0.6 is 0 Å². The Labute approximate surface area is 134 Å². The van der Waals surface area contributed by atoms with Gasteiger partial charge in [-0.2, -0.15) is 0 Å². The summed E-state index contributed by atoms with van der Waals surface area (Å²) in [5, 5.41) is 19.8. The number of carbonyl (C=O) groups is 1. The van der Waals surface area contributed by atoms with E-state index in [0.717, 1.165) is 43.3 Å². The predicted octanol–water partition coefficient (Wildman–Crippen LogP) is 3.32. The normalized spacial score (nSPS) is 17.8. The molecule has 1 atom stereocenters. The van der Waals surface area contributed by atoms with Crippen LogP contribution in [-0.2, 0) is 0 Å². The highest BCUT2D eigenvalue weighted by Crippen LogP contribution is 2.37. The molecule has 0 radical (unpaired) electrons. The van der Waals surface area contributed by atoms with Crippen molar-refractivity contribution >= 4 is 17.7 Å². The average Bonchev–Trinajstić information content (AvgIpc) is 2.62. The van der Waals surface area contributed by atoms with Crippen molar-refractivity contribution in [1.29, 1.82) is 0 Å². The first-order valence-corrected chi connectivity index (χ1v) is 7.62. The van der Waals surface area contributed by atoms with Gasteiger partial charge in [-0.3, -0.25) is 15.0 Å². The Morgan fingerprint density at radius 2 is 2.22 bits per heavy atom. The first-order valence-electron chi connectivity index (χ1n) is 7.62. The molecule has 1 aliphatic heterocycles. The molecule has 1 N–H and O–H groups in total. The van der Waals surface area contributed by atoms with Crippen molar-refractivity contribution < 1.29 is 10.0 Å². The van der Waals surface area contributed by atoms with Gasteiger partial charge in [0, 0.05) is 30.2 Å². The second kappa shape index (κ2) is 6.76. The van der Waals surface area contributed by atoms with Gasteiger partial charge in [-0.1, -0.05) is 6.07 Å². The third kappa shape index (κ3) is 3.18. The van der Waals surface area contributed by atoms with Gasteiger partial charge in [-0.25, -0.2) is 0 Å². The number of hydrogen-bond acceptors (Lipinski definition) is 6. The minimum absolute atomic E-state index is 0.0470. The summed E-state index contributed by atoms with van der Waals surface area (Å²) < 4.78 is 0. The molecule has 0 unspecified atom stereocenters. The van der Waals surface area contributed by atoms with Crippen molar-refractivity contribution in [2.75, 3.05) is 16.7 Å². The van der Waals surface area contributed by atoms with Crippen LogP contribution in [0, 0.1) is 5.21 Å². The largest absolute Gasteiger partial charge is 0.733 e. The molecule has 120 valence electrons. The molecule has 0 saturated carbocycles. The van der Waals surface area contributed by atoms with Crippen molar-refractivity contribution in [3.63, 3.8) is 0 Å². The summed E-state index contributed by atoms with van der Waals surface area (Å²) >= 11 is 0. The Balaban J connectivity index is 1.99. The number of aromatic nitrogens is 1. The van der Waals surface area contributed by atoms with Gasteiger partial charge in [0.15, 0.2) is 6.29 Å². The topological polar surface area (TPSA) is 79.7 Å². The second-order valence-corrected chi connectivity index (χ2v) is 5.63. The molecular formula is C17H18N3O3-. The number of benzene rings is 1. The van der Waals surface area contributed by atoms with E-state index in [9.17, 15) is 10.0 Å². The zero-order valence-electron chi connectivity index (χ0n) is 12.6. The lowest BCUT2D eigenvalue weighted by Crippen LogP contribution is -2.34. The number of anilines is 2. The number of nitrogens with zero attached hydrogens (tertiary/aromatic N) is 3. The number of aldehydes is 1.